The maximum Gasteiger partial charge on any atom is 0.339 e. The maximum atomic E-state index is 12.9. The summed E-state index contributed by atoms with van der Waals surface area (Å²) in [6, 6.07) is 13.4. The van der Waals surface area contributed by atoms with E-state index in [0.717, 1.165) is 6.07 Å². The van der Waals surface area contributed by atoms with Crippen LogP contribution in [0, 0.1) is 21.4 Å². The fraction of sp³-hybridized carbons (Fsp3) is 0.0800. The molecule has 0 aromatic heterocycles. The molecule has 15 heteroatoms. The lowest BCUT2D eigenvalue weighted by Gasteiger charge is -2.14. The number of nitro groups is 1. The Balaban J connectivity index is 1.88. The second-order valence-corrected chi connectivity index (χ2v) is 10.6. The summed E-state index contributed by atoms with van der Waals surface area (Å²) in [6.45, 7) is 1.32. The number of hydrogen-bond acceptors (Lipinski definition) is 9. The molecule has 2 N–H and O–H groups in total. The van der Waals surface area contributed by atoms with Gasteiger partial charge in [0.05, 0.1) is 16.5 Å². The van der Waals surface area contributed by atoms with E-state index in [1.54, 1.807) is 6.07 Å². The quantitative estimate of drug-likeness (QED) is 0.102. The van der Waals surface area contributed by atoms with Gasteiger partial charge in [-0.1, -0.05) is 11.6 Å². The summed E-state index contributed by atoms with van der Waals surface area (Å²) in [5, 5.41) is 25.4. The zero-order chi connectivity index (χ0) is 29.6. The SMILES string of the molecule is COc1cc(/C=C(\C#N)C(=O)Nc2ccc(Cl)c([N+](=O)[O-])c2)cc(Br)c1OS(=O)(=O)c1ccc(NC(C)=O)cc1. The lowest BCUT2D eigenvalue weighted by Crippen LogP contribution is -2.13. The summed E-state index contributed by atoms with van der Waals surface area (Å²) in [4.78, 5) is 34.0. The molecule has 0 spiro atoms. The van der Waals surface area contributed by atoms with Gasteiger partial charge in [0.2, 0.25) is 5.91 Å². The molecule has 0 atom stereocenters. The maximum absolute atomic E-state index is 12.9. The number of ether oxygens (including phenoxy) is 1. The minimum Gasteiger partial charge on any atom is -0.493 e. The van der Waals surface area contributed by atoms with Crippen LogP contribution in [0.25, 0.3) is 6.08 Å². The van der Waals surface area contributed by atoms with Crippen LogP contribution >= 0.6 is 27.5 Å². The van der Waals surface area contributed by atoms with Gasteiger partial charge >= 0.3 is 10.1 Å². The average molecular weight is 650 g/mol. The highest BCUT2D eigenvalue weighted by atomic mass is 79.9. The van der Waals surface area contributed by atoms with E-state index >= 15 is 0 Å². The van der Waals surface area contributed by atoms with Gasteiger partial charge in [-0.25, -0.2) is 0 Å². The van der Waals surface area contributed by atoms with Crippen molar-refractivity contribution in [1.29, 1.82) is 5.26 Å². The van der Waals surface area contributed by atoms with E-state index in [2.05, 4.69) is 26.6 Å². The number of halogens is 2. The monoisotopic (exact) mass is 648 g/mol. The zero-order valence-corrected chi connectivity index (χ0v) is 23.8. The van der Waals surface area contributed by atoms with Crippen LogP contribution in [-0.2, 0) is 19.7 Å². The number of rotatable bonds is 9. The van der Waals surface area contributed by atoms with E-state index in [1.165, 1.54) is 68.6 Å². The molecular weight excluding hydrogens is 632 g/mol. The molecule has 40 heavy (non-hydrogen) atoms. The minimum atomic E-state index is -4.33. The first kappa shape index (κ1) is 30.1. The van der Waals surface area contributed by atoms with Crippen LogP contribution in [-0.4, -0.2) is 32.3 Å². The van der Waals surface area contributed by atoms with Crippen molar-refractivity contribution < 1.29 is 31.9 Å². The van der Waals surface area contributed by atoms with Crippen LogP contribution in [0.15, 0.2) is 69.5 Å². The molecule has 0 fully saturated rings. The first-order valence-corrected chi connectivity index (χ1v) is 13.5. The van der Waals surface area contributed by atoms with E-state index in [9.17, 15) is 33.4 Å². The van der Waals surface area contributed by atoms with Gasteiger partial charge < -0.3 is 19.6 Å². The first-order valence-electron chi connectivity index (χ1n) is 10.9. The molecular formula is C25H18BrClN4O8S. The third kappa shape index (κ3) is 7.35. The van der Waals surface area contributed by atoms with Crippen molar-refractivity contribution in [2.75, 3.05) is 17.7 Å². The van der Waals surface area contributed by atoms with E-state index in [1.807, 2.05) is 0 Å². The van der Waals surface area contributed by atoms with Gasteiger partial charge in [-0.3, -0.25) is 19.7 Å². The molecule has 0 saturated heterocycles. The first-order chi connectivity index (χ1) is 18.8. The standard InChI is InChI=1S/C25H18BrClN4O8S/c1-14(32)29-17-3-6-19(7-4-17)40(36,37)39-24-20(26)10-15(11-23(24)38-2)9-16(13-28)25(33)30-18-5-8-21(27)22(12-18)31(34)35/h3-12H,1-2H3,(H,29,32)(H,30,33)/b16-9+. The molecule has 0 aliphatic heterocycles. The Morgan fingerprint density at radius 2 is 1.75 bits per heavy atom. The van der Waals surface area contributed by atoms with Crippen molar-refractivity contribution in [3.05, 3.63) is 85.3 Å². The number of carbonyl (C=O) groups is 2. The summed E-state index contributed by atoms with van der Waals surface area (Å²) in [5.41, 5.74) is -0.0908. The van der Waals surface area contributed by atoms with Crippen LogP contribution < -0.4 is 19.6 Å². The highest BCUT2D eigenvalue weighted by Gasteiger charge is 2.23. The van der Waals surface area contributed by atoms with Crippen molar-refractivity contribution in [2.24, 2.45) is 0 Å². The Kier molecular flexibility index (Phi) is 9.48. The normalized spacial score (nSPS) is 11.2. The van der Waals surface area contributed by atoms with Crippen LogP contribution in [0.1, 0.15) is 12.5 Å². The lowest BCUT2D eigenvalue weighted by atomic mass is 10.1. The van der Waals surface area contributed by atoms with Crippen LogP contribution in [0.4, 0.5) is 17.1 Å². The van der Waals surface area contributed by atoms with E-state index < -0.39 is 26.6 Å². The van der Waals surface area contributed by atoms with E-state index in [-0.39, 0.29) is 48.6 Å². The van der Waals surface area contributed by atoms with E-state index in [0.29, 0.717) is 5.69 Å². The smallest absolute Gasteiger partial charge is 0.339 e. The molecule has 3 rings (SSSR count). The highest BCUT2D eigenvalue weighted by Crippen LogP contribution is 2.39. The molecule has 12 nitrogen and oxygen atoms in total. The summed E-state index contributed by atoms with van der Waals surface area (Å²) in [7, 11) is -3.06. The van der Waals surface area contributed by atoms with Gasteiger partial charge in [-0.05, 0) is 76.1 Å². The van der Waals surface area contributed by atoms with Gasteiger partial charge in [-0.15, -0.1) is 0 Å². The van der Waals surface area contributed by atoms with Crippen molar-refractivity contribution in [3.63, 3.8) is 0 Å². The Morgan fingerprint density at radius 1 is 1.10 bits per heavy atom. The molecule has 3 aromatic carbocycles. The summed E-state index contributed by atoms with van der Waals surface area (Å²) >= 11 is 9.01. The summed E-state index contributed by atoms with van der Waals surface area (Å²) < 4.78 is 36.4. The van der Waals surface area contributed by atoms with Crippen LogP contribution in [0.5, 0.6) is 11.5 Å². The molecule has 0 bridgehead atoms. The number of carbonyl (C=O) groups excluding carboxylic acids is 2. The van der Waals surface area contributed by atoms with Crippen molar-refractivity contribution in [3.8, 4) is 17.6 Å². The Hall–Kier alpha value is -4.45. The third-order valence-electron chi connectivity index (χ3n) is 4.98. The fourth-order valence-corrected chi connectivity index (χ4v) is 5.01. The Labute approximate surface area is 241 Å². The molecule has 0 saturated carbocycles. The van der Waals surface area contributed by atoms with Gasteiger partial charge in [0.1, 0.15) is 21.6 Å². The number of nitrogens with zero attached hydrogens (tertiary/aromatic N) is 2. The van der Waals surface area contributed by atoms with Crippen molar-refractivity contribution in [2.45, 2.75) is 11.8 Å². The summed E-state index contributed by atoms with van der Waals surface area (Å²) in [5.74, 6) is -1.41. The number of benzene rings is 3. The molecule has 0 aliphatic carbocycles. The number of hydrogen-bond donors (Lipinski definition) is 2. The van der Waals surface area contributed by atoms with Crippen LogP contribution in [0.3, 0.4) is 0 Å². The molecule has 0 aliphatic rings. The molecule has 206 valence electrons. The summed E-state index contributed by atoms with van der Waals surface area (Å²) in [6.07, 6.45) is 1.20. The van der Waals surface area contributed by atoms with Gasteiger partial charge in [0.25, 0.3) is 11.6 Å². The largest absolute Gasteiger partial charge is 0.493 e. The third-order valence-corrected chi connectivity index (χ3v) is 7.13. The number of nitro benzene ring substituents is 1. The second-order valence-electron chi connectivity index (χ2n) is 7.82. The topological polar surface area (TPSA) is 178 Å². The van der Waals surface area contributed by atoms with E-state index in [4.69, 9.17) is 20.5 Å². The molecule has 3 aromatic rings. The highest BCUT2D eigenvalue weighted by molar-refractivity contribution is 9.10. The predicted octanol–water partition coefficient (Wildman–Crippen LogP) is 5.29. The average Bonchev–Trinajstić information content (AvgIpc) is 2.89. The number of nitriles is 1. The lowest BCUT2D eigenvalue weighted by molar-refractivity contribution is -0.384. The number of methoxy groups -OCH3 is 1. The number of nitrogens with one attached hydrogen (secondary N) is 2. The fourth-order valence-electron chi connectivity index (χ4n) is 3.21. The molecule has 2 amide bonds. The van der Waals surface area contributed by atoms with Gasteiger partial charge in [-0.2, -0.15) is 13.7 Å². The molecule has 0 unspecified atom stereocenters. The Morgan fingerprint density at radius 3 is 2.33 bits per heavy atom. The molecule has 0 radical (unpaired) electrons. The van der Waals surface area contributed by atoms with Crippen molar-refractivity contribution >= 4 is 72.6 Å². The number of anilines is 2. The molecule has 0 heterocycles. The number of amides is 2. The predicted molar refractivity (Wildman–Crippen MR) is 150 cm³/mol. The van der Waals surface area contributed by atoms with Gasteiger partial charge in [0.15, 0.2) is 11.5 Å². The van der Waals surface area contributed by atoms with Gasteiger partial charge in [0, 0.05) is 24.4 Å². The zero-order valence-electron chi connectivity index (χ0n) is 20.6. The minimum absolute atomic E-state index is 0.0370. The Bertz CT molecular complexity index is 1690. The second kappa shape index (κ2) is 12.6. The van der Waals surface area contributed by atoms with Crippen LogP contribution in [0.2, 0.25) is 5.02 Å². The van der Waals surface area contributed by atoms with Crippen molar-refractivity contribution in [1.82, 2.24) is 0 Å².